The van der Waals surface area contributed by atoms with Crippen LogP contribution in [0.25, 0.3) is 0 Å². The van der Waals surface area contributed by atoms with Gasteiger partial charge in [0.2, 0.25) is 0 Å². The van der Waals surface area contributed by atoms with E-state index in [1.807, 2.05) is 0 Å². The molecule has 16 heavy (non-hydrogen) atoms. The first kappa shape index (κ1) is 13.0. The first-order chi connectivity index (χ1) is 7.56. The number of hydrogen-bond donors (Lipinski definition) is 1. The molecule has 1 unspecified atom stereocenters. The van der Waals surface area contributed by atoms with Crippen LogP contribution in [-0.2, 0) is 0 Å². The van der Waals surface area contributed by atoms with E-state index in [-0.39, 0.29) is 6.04 Å². The minimum Gasteiger partial charge on any atom is -0.374 e. The fourth-order valence-corrected chi connectivity index (χ4v) is 2.01. The van der Waals surface area contributed by atoms with Crippen molar-refractivity contribution >= 4 is 5.69 Å². The fourth-order valence-electron chi connectivity index (χ4n) is 2.01. The van der Waals surface area contributed by atoms with Gasteiger partial charge in [-0.2, -0.15) is 0 Å². The third-order valence-corrected chi connectivity index (χ3v) is 2.83. The zero-order chi connectivity index (χ0) is 12.1. The second-order valence-electron chi connectivity index (χ2n) is 4.85. The molecule has 0 spiro atoms. The summed E-state index contributed by atoms with van der Waals surface area (Å²) >= 11 is 0. The Morgan fingerprint density at radius 1 is 1.25 bits per heavy atom. The minimum absolute atomic E-state index is 0.144. The van der Waals surface area contributed by atoms with E-state index in [0.29, 0.717) is 5.92 Å². The van der Waals surface area contributed by atoms with Crippen molar-refractivity contribution in [1.29, 1.82) is 0 Å². The summed E-state index contributed by atoms with van der Waals surface area (Å²) < 4.78 is 0. The van der Waals surface area contributed by atoms with Gasteiger partial charge in [0.15, 0.2) is 0 Å². The predicted molar refractivity (Wildman–Crippen MR) is 71.8 cm³/mol. The average Bonchev–Trinajstić information content (AvgIpc) is 2.27. The average molecular weight is 220 g/mol. The summed E-state index contributed by atoms with van der Waals surface area (Å²) in [5.41, 5.74) is 8.66. The van der Waals surface area contributed by atoms with E-state index in [1.165, 1.54) is 11.3 Å². The Morgan fingerprint density at radius 3 is 2.44 bits per heavy atom. The van der Waals surface area contributed by atoms with Crippen LogP contribution < -0.4 is 10.6 Å². The first-order valence-corrected chi connectivity index (χ1v) is 6.11. The van der Waals surface area contributed by atoms with Crippen LogP contribution in [0.2, 0.25) is 0 Å². The quantitative estimate of drug-likeness (QED) is 0.825. The Morgan fingerprint density at radius 2 is 1.88 bits per heavy atom. The molecule has 1 rings (SSSR count). The van der Waals surface area contributed by atoms with Crippen LogP contribution in [0.4, 0.5) is 5.69 Å². The molecule has 0 aliphatic carbocycles. The van der Waals surface area contributed by atoms with Crippen LogP contribution in [-0.4, -0.2) is 13.6 Å². The van der Waals surface area contributed by atoms with Gasteiger partial charge in [-0.3, -0.25) is 0 Å². The summed E-state index contributed by atoms with van der Waals surface area (Å²) in [5, 5.41) is 0. The van der Waals surface area contributed by atoms with Gasteiger partial charge in [0.1, 0.15) is 0 Å². The molecule has 1 atom stereocenters. The van der Waals surface area contributed by atoms with Gasteiger partial charge in [-0.15, -0.1) is 0 Å². The molecule has 90 valence electrons. The van der Waals surface area contributed by atoms with E-state index >= 15 is 0 Å². The molecule has 0 fully saturated rings. The van der Waals surface area contributed by atoms with E-state index in [1.54, 1.807) is 0 Å². The molecular formula is C14H24N2. The largest absolute Gasteiger partial charge is 0.374 e. The highest BCUT2D eigenvalue weighted by Gasteiger charge is 2.12. The zero-order valence-corrected chi connectivity index (χ0v) is 10.9. The molecule has 0 amide bonds. The van der Waals surface area contributed by atoms with Crippen molar-refractivity contribution in [1.82, 2.24) is 0 Å². The molecule has 0 aliphatic heterocycles. The van der Waals surface area contributed by atoms with E-state index in [9.17, 15) is 0 Å². The molecule has 1 aromatic carbocycles. The summed E-state index contributed by atoms with van der Waals surface area (Å²) in [6.45, 7) is 7.66. The van der Waals surface area contributed by atoms with E-state index in [4.69, 9.17) is 5.73 Å². The number of anilines is 1. The van der Waals surface area contributed by atoms with Gasteiger partial charge in [0.25, 0.3) is 0 Å². The lowest BCUT2D eigenvalue weighted by atomic mass is 10.0. The van der Waals surface area contributed by atoms with Crippen LogP contribution in [0, 0.1) is 5.92 Å². The van der Waals surface area contributed by atoms with Crippen molar-refractivity contribution in [2.24, 2.45) is 11.7 Å². The lowest BCUT2D eigenvalue weighted by Crippen LogP contribution is -2.25. The molecule has 0 radical (unpaired) electrons. The summed E-state index contributed by atoms with van der Waals surface area (Å²) in [7, 11) is 2.14. The van der Waals surface area contributed by atoms with Crippen molar-refractivity contribution in [3.8, 4) is 0 Å². The number of nitrogens with two attached hydrogens (primary N) is 1. The maximum absolute atomic E-state index is 6.14. The third-order valence-electron chi connectivity index (χ3n) is 2.83. The number of hydrogen-bond acceptors (Lipinski definition) is 2. The number of rotatable bonds is 5. The van der Waals surface area contributed by atoms with Crippen LogP contribution in [0.15, 0.2) is 24.3 Å². The van der Waals surface area contributed by atoms with Crippen LogP contribution >= 0.6 is 0 Å². The number of nitrogens with zero attached hydrogens (tertiary/aromatic N) is 1. The molecule has 2 heteroatoms. The van der Waals surface area contributed by atoms with Crippen LogP contribution in [0.1, 0.15) is 38.8 Å². The SMILES string of the molecule is CCC(N)c1ccccc1N(C)CC(C)C. The molecule has 0 aromatic heterocycles. The molecule has 1 aromatic rings. The molecule has 0 bridgehead atoms. The highest BCUT2D eigenvalue weighted by molar-refractivity contribution is 5.54. The lowest BCUT2D eigenvalue weighted by Gasteiger charge is -2.26. The predicted octanol–water partition coefficient (Wildman–Crippen LogP) is 3.19. The monoisotopic (exact) mass is 220 g/mol. The minimum atomic E-state index is 0.144. The Bertz CT molecular complexity index is 320. The molecule has 2 N–H and O–H groups in total. The van der Waals surface area contributed by atoms with Crippen molar-refractivity contribution in [2.75, 3.05) is 18.5 Å². The van der Waals surface area contributed by atoms with Gasteiger partial charge in [-0.25, -0.2) is 0 Å². The fraction of sp³-hybridized carbons (Fsp3) is 0.571. The summed E-state index contributed by atoms with van der Waals surface area (Å²) in [6.07, 6.45) is 0.979. The smallest absolute Gasteiger partial charge is 0.0412 e. The highest BCUT2D eigenvalue weighted by atomic mass is 15.1. The molecule has 0 heterocycles. The van der Waals surface area contributed by atoms with Gasteiger partial charge >= 0.3 is 0 Å². The summed E-state index contributed by atoms with van der Waals surface area (Å²) in [6, 6.07) is 8.59. The second kappa shape index (κ2) is 5.90. The van der Waals surface area contributed by atoms with Gasteiger partial charge in [-0.1, -0.05) is 39.0 Å². The third kappa shape index (κ3) is 3.24. The molecule has 0 saturated heterocycles. The standard InChI is InChI=1S/C14H24N2/c1-5-13(15)12-8-6-7-9-14(12)16(4)10-11(2)3/h6-9,11,13H,5,10,15H2,1-4H3. The highest BCUT2D eigenvalue weighted by Crippen LogP contribution is 2.26. The zero-order valence-electron chi connectivity index (χ0n) is 10.9. The summed E-state index contributed by atoms with van der Waals surface area (Å²) in [4.78, 5) is 2.30. The van der Waals surface area contributed by atoms with Crippen LogP contribution in [0.3, 0.4) is 0 Å². The van der Waals surface area contributed by atoms with Gasteiger partial charge in [-0.05, 0) is 24.0 Å². The number of para-hydroxylation sites is 1. The molecule has 0 saturated carbocycles. The van der Waals surface area contributed by atoms with Gasteiger partial charge in [0, 0.05) is 25.3 Å². The van der Waals surface area contributed by atoms with E-state index in [2.05, 4.69) is 57.0 Å². The normalized spacial score (nSPS) is 12.9. The second-order valence-corrected chi connectivity index (χ2v) is 4.85. The van der Waals surface area contributed by atoms with Crippen molar-refractivity contribution in [3.63, 3.8) is 0 Å². The van der Waals surface area contributed by atoms with Crippen molar-refractivity contribution in [2.45, 2.75) is 33.2 Å². The van der Waals surface area contributed by atoms with Crippen LogP contribution in [0.5, 0.6) is 0 Å². The maximum Gasteiger partial charge on any atom is 0.0412 e. The van der Waals surface area contributed by atoms with Crippen molar-refractivity contribution < 1.29 is 0 Å². The lowest BCUT2D eigenvalue weighted by molar-refractivity contribution is 0.630. The Kier molecular flexibility index (Phi) is 4.81. The summed E-state index contributed by atoms with van der Waals surface area (Å²) in [5.74, 6) is 0.663. The molecular weight excluding hydrogens is 196 g/mol. The Hall–Kier alpha value is -1.02. The molecule has 0 aliphatic rings. The van der Waals surface area contributed by atoms with Crippen molar-refractivity contribution in [3.05, 3.63) is 29.8 Å². The molecule has 2 nitrogen and oxygen atoms in total. The Balaban J connectivity index is 2.93. The first-order valence-electron chi connectivity index (χ1n) is 6.11. The Labute approximate surface area is 99.5 Å². The maximum atomic E-state index is 6.14. The van der Waals surface area contributed by atoms with Gasteiger partial charge < -0.3 is 10.6 Å². The van der Waals surface area contributed by atoms with Gasteiger partial charge in [0.05, 0.1) is 0 Å². The number of benzene rings is 1. The topological polar surface area (TPSA) is 29.3 Å². The van der Waals surface area contributed by atoms with E-state index in [0.717, 1.165) is 13.0 Å². The van der Waals surface area contributed by atoms with E-state index < -0.39 is 0 Å².